The highest BCUT2D eigenvalue weighted by Gasteiger charge is 2.17. The Hall–Kier alpha value is -1.97. The maximum absolute atomic E-state index is 5.73. The number of aromatic nitrogens is 1. The van der Waals surface area contributed by atoms with Gasteiger partial charge in [0, 0.05) is 12.3 Å². The van der Waals surface area contributed by atoms with E-state index in [9.17, 15) is 0 Å². The number of ether oxygens (including phenoxy) is 2. The zero-order chi connectivity index (χ0) is 15.2. The first-order valence-electron chi connectivity index (χ1n) is 7.39. The van der Waals surface area contributed by atoms with E-state index in [1.54, 1.807) is 7.11 Å². The van der Waals surface area contributed by atoms with Crippen molar-refractivity contribution in [1.82, 2.24) is 4.98 Å². The Balaban J connectivity index is 2.03. The summed E-state index contributed by atoms with van der Waals surface area (Å²) in [5.74, 6) is 2.47. The van der Waals surface area contributed by atoms with Crippen LogP contribution in [0.1, 0.15) is 43.8 Å². The van der Waals surface area contributed by atoms with Gasteiger partial charge in [-0.15, -0.1) is 0 Å². The Morgan fingerprint density at radius 3 is 2.43 bits per heavy atom. The normalized spacial score (nSPS) is 10.9. The van der Waals surface area contributed by atoms with Crippen molar-refractivity contribution in [1.29, 1.82) is 0 Å². The monoisotopic (exact) mass is 289 g/mol. The van der Waals surface area contributed by atoms with Crippen LogP contribution in [0.15, 0.2) is 28.7 Å². The van der Waals surface area contributed by atoms with Crippen LogP contribution in [0.3, 0.4) is 0 Å². The average Bonchev–Trinajstić information content (AvgIpc) is 2.89. The third-order valence-electron chi connectivity index (χ3n) is 3.27. The van der Waals surface area contributed by atoms with E-state index in [4.69, 9.17) is 13.9 Å². The largest absolute Gasteiger partial charge is 0.497 e. The Labute approximate surface area is 126 Å². The lowest BCUT2D eigenvalue weighted by molar-refractivity contribution is 0.246. The molecule has 2 aromatic rings. The number of methoxy groups -OCH3 is 1. The van der Waals surface area contributed by atoms with Crippen molar-refractivity contribution >= 4 is 0 Å². The number of oxazole rings is 1. The molecule has 0 radical (unpaired) electrons. The molecule has 4 heteroatoms. The lowest BCUT2D eigenvalue weighted by atomic mass is 10.1. The van der Waals surface area contributed by atoms with Crippen LogP contribution in [0, 0.1) is 0 Å². The third kappa shape index (κ3) is 4.00. The first kappa shape index (κ1) is 15.4. The van der Waals surface area contributed by atoms with Crippen LogP contribution in [-0.4, -0.2) is 18.7 Å². The highest BCUT2D eigenvalue weighted by molar-refractivity contribution is 5.27. The summed E-state index contributed by atoms with van der Waals surface area (Å²) in [4.78, 5) is 4.56. The fourth-order valence-electron chi connectivity index (χ4n) is 2.11. The van der Waals surface area contributed by atoms with Gasteiger partial charge in [0.05, 0.1) is 13.7 Å². The van der Waals surface area contributed by atoms with Crippen LogP contribution >= 0.6 is 0 Å². The minimum absolute atomic E-state index is 0.296. The van der Waals surface area contributed by atoms with E-state index in [0.29, 0.717) is 18.5 Å². The fraction of sp³-hybridized carbons (Fsp3) is 0.471. The third-order valence-corrected chi connectivity index (χ3v) is 3.27. The second-order valence-corrected chi connectivity index (χ2v) is 5.22. The molecule has 0 amide bonds. The predicted molar refractivity (Wildman–Crippen MR) is 82.2 cm³/mol. The van der Waals surface area contributed by atoms with Crippen molar-refractivity contribution in [2.45, 2.75) is 39.5 Å². The van der Waals surface area contributed by atoms with Crippen LogP contribution in [0.4, 0.5) is 0 Å². The smallest absolute Gasteiger partial charge is 0.308 e. The summed E-state index contributed by atoms with van der Waals surface area (Å²) >= 11 is 0. The quantitative estimate of drug-likeness (QED) is 0.773. The summed E-state index contributed by atoms with van der Waals surface area (Å²) in [6.07, 6.45) is 1.65. The summed E-state index contributed by atoms with van der Waals surface area (Å²) in [6.45, 7) is 6.72. The minimum Gasteiger partial charge on any atom is -0.497 e. The van der Waals surface area contributed by atoms with E-state index < -0.39 is 0 Å². The van der Waals surface area contributed by atoms with E-state index in [0.717, 1.165) is 30.2 Å². The molecule has 0 spiro atoms. The fourth-order valence-corrected chi connectivity index (χ4v) is 2.11. The number of aryl methyl sites for hydroxylation is 2. The molecule has 1 heterocycles. The summed E-state index contributed by atoms with van der Waals surface area (Å²) in [5, 5.41) is 0. The van der Waals surface area contributed by atoms with Gasteiger partial charge in [-0.2, -0.15) is 0 Å². The van der Waals surface area contributed by atoms with Crippen molar-refractivity contribution in [2.24, 2.45) is 0 Å². The van der Waals surface area contributed by atoms with E-state index in [1.807, 2.05) is 19.1 Å². The summed E-state index contributed by atoms with van der Waals surface area (Å²) in [6, 6.07) is 8.06. The van der Waals surface area contributed by atoms with Crippen LogP contribution in [-0.2, 0) is 12.8 Å². The van der Waals surface area contributed by atoms with Gasteiger partial charge in [-0.25, -0.2) is 4.98 Å². The summed E-state index contributed by atoms with van der Waals surface area (Å²) in [5.41, 5.74) is 2.14. The number of rotatable bonds is 7. The molecule has 2 rings (SSSR count). The van der Waals surface area contributed by atoms with Crippen molar-refractivity contribution < 1.29 is 13.9 Å². The first-order valence-corrected chi connectivity index (χ1v) is 7.39. The molecular formula is C17H23NO3. The van der Waals surface area contributed by atoms with Gasteiger partial charge >= 0.3 is 5.95 Å². The molecule has 0 N–H and O–H groups in total. The zero-order valence-electron chi connectivity index (χ0n) is 13.2. The van der Waals surface area contributed by atoms with E-state index in [-0.39, 0.29) is 0 Å². The maximum atomic E-state index is 5.73. The molecule has 4 nitrogen and oxygen atoms in total. The molecule has 0 fully saturated rings. The van der Waals surface area contributed by atoms with E-state index in [1.165, 1.54) is 5.56 Å². The van der Waals surface area contributed by atoms with Crippen LogP contribution in [0.5, 0.6) is 11.7 Å². The highest BCUT2D eigenvalue weighted by atomic mass is 16.6. The molecule has 114 valence electrons. The van der Waals surface area contributed by atoms with Crippen LogP contribution in [0.2, 0.25) is 0 Å². The first-order chi connectivity index (χ1) is 10.1. The van der Waals surface area contributed by atoms with Gasteiger partial charge < -0.3 is 13.9 Å². The Morgan fingerprint density at radius 1 is 1.14 bits per heavy atom. The molecule has 0 saturated carbocycles. The molecule has 0 bridgehead atoms. The Bertz CT molecular complexity index is 558. The van der Waals surface area contributed by atoms with Gasteiger partial charge in [-0.1, -0.05) is 26.0 Å². The molecule has 0 atom stereocenters. The van der Waals surface area contributed by atoms with Crippen molar-refractivity contribution in [2.75, 3.05) is 13.7 Å². The van der Waals surface area contributed by atoms with Crippen molar-refractivity contribution in [3.8, 4) is 11.7 Å². The van der Waals surface area contributed by atoms with Crippen molar-refractivity contribution in [3.05, 3.63) is 41.4 Å². The van der Waals surface area contributed by atoms with Gasteiger partial charge in [0.1, 0.15) is 11.4 Å². The van der Waals surface area contributed by atoms with Gasteiger partial charge in [0.25, 0.3) is 0 Å². The molecule has 0 aliphatic rings. The Kier molecular flexibility index (Phi) is 5.26. The maximum Gasteiger partial charge on any atom is 0.308 e. The van der Waals surface area contributed by atoms with Gasteiger partial charge in [-0.3, -0.25) is 0 Å². The molecule has 0 aliphatic heterocycles. The zero-order valence-corrected chi connectivity index (χ0v) is 13.2. The molecule has 0 saturated heterocycles. The van der Waals surface area contributed by atoms with Gasteiger partial charge in [0.15, 0.2) is 5.89 Å². The minimum atomic E-state index is 0.296. The van der Waals surface area contributed by atoms with Crippen molar-refractivity contribution in [3.63, 3.8) is 0 Å². The lowest BCUT2D eigenvalue weighted by Crippen LogP contribution is -1.96. The molecule has 1 aromatic heterocycles. The predicted octanol–water partition coefficient (Wildman–Crippen LogP) is 3.99. The average molecular weight is 289 g/mol. The van der Waals surface area contributed by atoms with E-state index >= 15 is 0 Å². The SMILES string of the molecule is CCOc1oc(CCc2ccc(OC)cc2)nc1C(C)C. The van der Waals surface area contributed by atoms with Crippen LogP contribution in [0.25, 0.3) is 0 Å². The van der Waals surface area contributed by atoms with Crippen LogP contribution < -0.4 is 9.47 Å². The van der Waals surface area contributed by atoms with E-state index in [2.05, 4.69) is 31.0 Å². The second kappa shape index (κ2) is 7.16. The number of hydrogen-bond donors (Lipinski definition) is 0. The standard InChI is InChI=1S/C17H23NO3/c1-5-20-17-16(12(2)3)18-15(21-17)11-8-13-6-9-14(19-4)10-7-13/h6-7,9-10,12H,5,8,11H2,1-4H3. The molecule has 21 heavy (non-hydrogen) atoms. The summed E-state index contributed by atoms with van der Waals surface area (Å²) in [7, 11) is 1.67. The molecule has 1 aromatic carbocycles. The molecular weight excluding hydrogens is 266 g/mol. The molecule has 0 aliphatic carbocycles. The van der Waals surface area contributed by atoms with Gasteiger partial charge in [-0.05, 0) is 31.0 Å². The lowest BCUT2D eigenvalue weighted by Gasteiger charge is -2.02. The number of nitrogens with zero attached hydrogens (tertiary/aromatic N) is 1. The van der Waals surface area contributed by atoms with Gasteiger partial charge in [0.2, 0.25) is 0 Å². The molecule has 0 unspecified atom stereocenters. The number of hydrogen-bond acceptors (Lipinski definition) is 4. The topological polar surface area (TPSA) is 44.5 Å². The summed E-state index contributed by atoms with van der Waals surface area (Å²) < 4.78 is 16.4. The second-order valence-electron chi connectivity index (χ2n) is 5.22. The Morgan fingerprint density at radius 2 is 1.86 bits per heavy atom. The highest BCUT2D eigenvalue weighted by Crippen LogP contribution is 2.27. The number of benzene rings is 1.